The number of nitrogens with one attached hydrogen (secondary N) is 2. The first-order chi connectivity index (χ1) is 12.2. The summed E-state index contributed by atoms with van der Waals surface area (Å²) in [5.74, 6) is 0.227. The Morgan fingerprint density at radius 2 is 2.12 bits per heavy atom. The van der Waals surface area contributed by atoms with E-state index in [2.05, 4.69) is 25.5 Å². The standard InChI is InChI=1S/C17H20N6O2/c24-14-9-11(10-23(14)12-5-1-2-6-12)16(25)20-17-19-15(21-22-17)13-7-3-4-8-18-13/h3-4,7-8,11-12H,1-2,5-6,9-10H2,(H2,19,20,21,22,25)/t11-/m1/s1. The van der Waals surface area contributed by atoms with Gasteiger partial charge >= 0.3 is 0 Å². The maximum absolute atomic E-state index is 12.5. The molecule has 8 nitrogen and oxygen atoms in total. The zero-order valence-corrected chi connectivity index (χ0v) is 13.8. The molecule has 0 spiro atoms. The molecule has 1 saturated heterocycles. The van der Waals surface area contributed by atoms with Crippen LogP contribution in [-0.2, 0) is 9.59 Å². The maximum atomic E-state index is 12.5. The highest BCUT2D eigenvalue weighted by Crippen LogP contribution is 2.29. The lowest BCUT2D eigenvalue weighted by Crippen LogP contribution is -2.35. The summed E-state index contributed by atoms with van der Waals surface area (Å²) < 4.78 is 0. The number of carbonyl (C=O) groups is 2. The molecule has 4 rings (SSSR count). The summed E-state index contributed by atoms with van der Waals surface area (Å²) in [6.07, 6.45) is 6.36. The van der Waals surface area contributed by atoms with Crippen LogP contribution in [0.1, 0.15) is 32.1 Å². The van der Waals surface area contributed by atoms with Gasteiger partial charge in [-0.25, -0.2) is 0 Å². The summed E-state index contributed by atoms with van der Waals surface area (Å²) in [6.45, 7) is 0.493. The van der Waals surface area contributed by atoms with Crippen molar-refractivity contribution in [2.24, 2.45) is 5.92 Å². The molecule has 1 aliphatic carbocycles. The van der Waals surface area contributed by atoms with E-state index in [0.29, 0.717) is 24.1 Å². The van der Waals surface area contributed by atoms with E-state index in [1.165, 1.54) is 12.8 Å². The number of hydrogen-bond acceptors (Lipinski definition) is 5. The first-order valence-corrected chi connectivity index (χ1v) is 8.65. The molecule has 3 heterocycles. The lowest BCUT2D eigenvalue weighted by molar-refractivity contribution is -0.129. The third-order valence-corrected chi connectivity index (χ3v) is 4.92. The monoisotopic (exact) mass is 340 g/mol. The third kappa shape index (κ3) is 3.24. The lowest BCUT2D eigenvalue weighted by atomic mass is 10.1. The van der Waals surface area contributed by atoms with Crippen molar-refractivity contribution in [3.63, 3.8) is 0 Å². The smallest absolute Gasteiger partial charge is 0.249 e. The SMILES string of the molecule is O=C(Nc1n[nH]c(-c2ccccn2)n1)[C@@H]1CC(=O)N(C2CCCC2)C1. The zero-order valence-electron chi connectivity index (χ0n) is 13.8. The van der Waals surface area contributed by atoms with Crippen molar-refractivity contribution in [3.8, 4) is 11.5 Å². The van der Waals surface area contributed by atoms with Gasteiger partial charge < -0.3 is 4.90 Å². The van der Waals surface area contributed by atoms with Gasteiger partial charge in [-0.1, -0.05) is 18.9 Å². The Kier molecular flexibility index (Phi) is 4.17. The molecule has 2 aromatic heterocycles. The number of carbonyl (C=O) groups excluding carboxylic acids is 2. The van der Waals surface area contributed by atoms with E-state index in [4.69, 9.17) is 0 Å². The Morgan fingerprint density at radius 1 is 1.28 bits per heavy atom. The van der Waals surface area contributed by atoms with Crippen LogP contribution >= 0.6 is 0 Å². The molecule has 0 aromatic carbocycles. The molecule has 1 saturated carbocycles. The van der Waals surface area contributed by atoms with Crippen molar-refractivity contribution in [1.82, 2.24) is 25.1 Å². The van der Waals surface area contributed by atoms with Crippen LogP contribution in [0.25, 0.3) is 11.5 Å². The van der Waals surface area contributed by atoms with Gasteiger partial charge in [0.05, 0.1) is 5.92 Å². The molecule has 2 aliphatic rings. The molecule has 1 aliphatic heterocycles. The van der Waals surface area contributed by atoms with E-state index in [1.54, 1.807) is 12.3 Å². The van der Waals surface area contributed by atoms with Gasteiger partial charge in [-0.15, -0.1) is 5.10 Å². The highest BCUT2D eigenvalue weighted by Gasteiger charge is 2.38. The van der Waals surface area contributed by atoms with E-state index in [1.807, 2.05) is 17.0 Å². The minimum absolute atomic E-state index is 0.0798. The summed E-state index contributed by atoms with van der Waals surface area (Å²) in [6, 6.07) is 5.78. The molecule has 2 N–H and O–H groups in total. The van der Waals surface area contributed by atoms with Gasteiger partial charge in [-0.05, 0) is 25.0 Å². The van der Waals surface area contributed by atoms with Gasteiger partial charge in [0.25, 0.3) is 0 Å². The second kappa shape index (κ2) is 6.62. The van der Waals surface area contributed by atoms with E-state index in [-0.39, 0.29) is 30.1 Å². The lowest BCUT2D eigenvalue weighted by Gasteiger charge is -2.23. The normalized spacial score (nSPS) is 21.0. The van der Waals surface area contributed by atoms with Crippen LogP contribution < -0.4 is 5.32 Å². The van der Waals surface area contributed by atoms with Crippen LogP contribution in [0.15, 0.2) is 24.4 Å². The van der Waals surface area contributed by atoms with Crippen LogP contribution in [0.3, 0.4) is 0 Å². The first kappa shape index (κ1) is 15.7. The van der Waals surface area contributed by atoms with Gasteiger partial charge in [0, 0.05) is 25.2 Å². The summed E-state index contributed by atoms with van der Waals surface area (Å²) in [5.41, 5.74) is 0.652. The van der Waals surface area contributed by atoms with Gasteiger partial charge in [0.15, 0.2) is 5.82 Å². The number of nitrogens with zero attached hydrogens (tertiary/aromatic N) is 4. The molecule has 2 fully saturated rings. The average molecular weight is 340 g/mol. The third-order valence-electron chi connectivity index (χ3n) is 4.92. The van der Waals surface area contributed by atoms with Crippen LogP contribution in [0, 0.1) is 5.92 Å². The number of anilines is 1. The number of aromatic amines is 1. The van der Waals surface area contributed by atoms with Gasteiger partial charge in [0.2, 0.25) is 17.8 Å². The summed E-state index contributed by atoms with van der Waals surface area (Å²) >= 11 is 0. The fourth-order valence-corrected chi connectivity index (χ4v) is 3.62. The minimum Gasteiger partial charge on any atom is -0.339 e. The first-order valence-electron chi connectivity index (χ1n) is 8.65. The molecular formula is C17H20N6O2. The second-order valence-electron chi connectivity index (χ2n) is 6.60. The molecule has 1 atom stereocenters. The van der Waals surface area contributed by atoms with Crippen molar-refractivity contribution < 1.29 is 9.59 Å². The van der Waals surface area contributed by atoms with Crippen LogP contribution in [0.2, 0.25) is 0 Å². The molecule has 0 radical (unpaired) electrons. The van der Waals surface area contributed by atoms with Crippen molar-refractivity contribution in [3.05, 3.63) is 24.4 Å². The van der Waals surface area contributed by atoms with Gasteiger partial charge in [-0.2, -0.15) is 4.98 Å². The molecule has 0 unspecified atom stereocenters. The summed E-state index contributed by atoms with van der Waals surface area (Å²) in [5, 5.41) is 9.48. The minimum atomic E-state index is -0.343. The van der Waals surface area contributed by atoms with E-state index in [0.717, 1.165) is 12.8 Å². The predicted octanol–water partition coefficient (Wildman–Crippen LogP) is 1.60. The Bertz CT molecular complexity index is 768. The van der Waals surface area contributed by atoms with E-state index < -0.39 is 0 Å². The van der Waals surface area contributed by atoms with Crippen LogP contribution in [-0.4, -0.2) is 49.5 Å². The topological polar surface area (TPSA) is 104 Å². The van der Waals surface area contributed by atoms with E-state index >= 15 is 0 Å². The number of H-pyrrole nitrogens is 1. The maximum Gasteiger partial charge on any atom is 0.249 e. The predicted molar refractivity (Wildman–Crippen MR) is 90.3 cm³/mol. The van der Waals surface area contributed by atoms with Crippen molar-refractivity contribution in [1.29, 1.82) is 0 Å². The summed E-state index contributed by atoms with van der Waals surface area (Å²) in [7, 11) is 0. The van der Waals surface area contributed by atoms with E-state index in [9.17, 15) is 9.59 Å². The molecule has 25 heavy (non-hydrogen) atoms. The van der Waals surface area contributed by atoms with Crippen LogP contribution in [0.5, 0.6) is 0 Å². The zero-order chi connectivity index (χ0) is 17.2. The molecule has 2 amide bonds. The summed E-state index contributed by atoms with van der Waals surface area (Å²) in [4.78, 5) is 35.0. The Balaban J connectivity index is 1.39. The van der Waals surface area contributed by atoms with Crippen molar-refractivity contribution >= 4 is 17.8 Å². The Labute approximate surface area is 145 Å². The quantitative estimate of drug-likeness (QED) is 0.880. The molecular weight excluding hydrogens is 320 g/mol. The Hall–Kier alpha value is -2.77. The van der Waals surface area contributed by atoms with Crippen molar-refractivity contribution in [2.45, 2.75) is 38.1 Å². The Morgan fingerprint density at radius 3 is 2.88 bits per heavy atom. The number of aromatic nitrogens is 4. The number of rotatable bonds is 4. The molecule has 8 heteroatoms. The molecule has 0 bridgehead atoms. The fourth-order valence-electron chi connectivity index (χ4n) is 3.62. The average Bonchev–Trinajstić information content (AvgIpc) is 3.35. The molecule has 2 aromatic rings. The highest BCUT2D eigenvalue weighted by atomic mass is 16.2. The number of hydrogen-bond donors (Lipinski definition) is 2. The largest absolute Gasteiger partial charge is 0.339 e. The second-order valence-corrected chi connectivity index (χ2v) is 6.60. The fraction of sp³-hybridized carbons (Fsp3) is 0.471. The highest BCUT2D eigenvalue weighted by molar-refractivity contribution is 5.96. The van der Waals surface area contributed by atoms with Gasteiger partial charge in [-0.3, -0.25) is 25.0 Å². The van der Waals surface area contributed by atoms with Gasteiger partial charge in [0.1, 0.15) is 5.69 Å². The number of likely N-dealkylation sites (tertiary alicyclic amines) is 1. The van der Waals surface area contributed by atoms with Crippen LogP contribution in [0.4, 0.5) is 5.95 Å². The number of pyridine rings is 1. The molecule has 130 valence electrons. The van der Waals surface area contributed by atoms with Crippen molar-refractivity contribution in [2.75, 3.05) is 11.9 Å². The number of amides is 2.